The number of phenols is 1. The van der Waals surface area contributed by atoms with Gasteiger partial charge in [0.05, 0.1) is 16.7 Å². The van der Waals surface area contributed by atoms with Crippen LogP contribution in [0.25, 0.3) is 0 Å². The largest absolute Gasteiger partial charge is 0.505 e. The molecule has 0 aliphatic carbocycles. The van der Waals surface area contributed by atoms with Crippen molar-refractivity contribution in [3.05, 3.63) is 28.3 Å². The average Bonchev–Trinajstić information content (AvgIpc) is 2.41. The summed E-state index contributed by atoms with van der Waals surface area (Å²) in [7, 11) is -3.76. The predicted octanol–water partition coefficient (Wildman–Crippen LogP) is 1.69. The van der Waals surface area contributed by atoms with Gasteiger partial charge in [0, 0.05) is 19.2 Å². The van der Waals surface area contributed by atoms with Gasteiger partial charge in [0.1, 0.15) is 5.75 Å². The van der Waals surface area contributed by atoms with Crippen LogP contribution in [-0.4, -0.2) is 35.8 Å². The van der Waals surface area contributed by atoms with Crippen LogP contribution >= 0.6 is 0 Å². The zero-order valence-electron chi connectivity index (χ0n) is 11.5. The Balaban J connectivity index is 2.15. The van der Waals surface area contributed by atoms with Crippen LogP contribution in [0.3, 0.4) is 0 Å². The first-order chi connectivity index (χ1) is 9.79. The Kier molecular flexibility index (Phi) is 4.33. The van der Waals surface area contributed by atoms with Crippen LogP contribution in [0.1, 0.15) is 19.8 Å². The molecular formula is C12H17N3O5S. The van der Waals surface area contributed by atoms with Crippen molar-refractivity contribution in [2.75, 3.05) is 17.8 Å². The first kappa shape index (κ1) is 15.5. The molecule has 1 aromatic carbocycles. The Bertz CT molecular complexity index is 638. The zero-order chi connectivity index (χ0) is 15.6. The minimum atomic E-state index is -3.76. The summed E-state index contributed by atoms with van der Waals surface area (Å²) < 4.78 is 28.0. The molecule has 0 unspecified atom stereocenters. The van der Waals surface area contributed by atoms with E-state index in [4.69, 9.17) is 0 Å². The molecule has 0 amide bonds. The topological polar surface area (TPSA) is 113 Å². The van der Waals surface area contributed by atoms with Gasteiger partial charge in [0.25, 0.3) is 5.69 Å². The van der Waals surface area contributed by atoms with E-state index >= 15 is 0 Å². The van der Waals surface area contributed by atoms with Gasteiger partial charge in [-0.05, 0) is 24.8 Å². The van der Waals surface area contributed by atoms with E-state index in [1.54, 1.807) is 0 Å². The van der Waals surface area contributed by atoms with Crippen LogP contribution in [-0.2, 0) is 10.2 Å². The highest BCUT2D eigenvalue weighted by atomic mass is 32.2. The second-order valence-electron chi connectivity index (χ2n) is 5.15. The van der Waals surface area contributed by atoms with Crippen LogP contribution in [0.4, 0.5) is 11.4 Å². The lowest BCUT2D eigenvalue weighted by Gasteiger charge is -2.29. The number of aromatic hydroxyl groups is 1. The van der Waals surface area contributed by atoms with Crippen LogP contribution in [0.15, 0.2) is 18.2 Å². The van der Waals surface area contributed by atoms with Crippen molar-refractivity contribution in [2.45, 2.75) is 19.8 Å². The lowest BCUT2D eigenvalue weighted by atomic mass is 10.0. The zero-order valence-corrected chi connectivity index (χ0v) is 12.3. The molecule has 1 fully saturated rings. The highest BCUT2D eigenvalue weighted by molar-refractivity contribution is 7.90. The van der Waals surface area contributed by atoms with Gasteiger partial charge >= 0.3 is 10.2 Å². The Labute approximate surface area is 122 Å². The molecule has 1 heterocycles. The Morgan fingerprint density at radius 2 is 2.00 bits per heavy atom. The van der Waals surface area contributed by atoms with E-state index in [9.17, 15) is 23.6 Å². The van der Waals surface area contributed by atoms with Crippen molar-refractivity contribution in [2.24, 2.45) is 5.92 Å². The molecule has 0 bridgehead atoms. The summed E-state index contributed by atoms with van der Waals surface area (Å²) in [4.78, 5) is 9.91. The normalized spacial score (nSPS) is 17.6. The van der Waals surface area contributed by atoms with Gasteiger partial charge in [-0.25, -0.2) is 0 Å². The van der Waals surface area contributed by atoms with Crippen molar-refractivity contribution < 1.29 is 18.4 Å². The van der Waals surface area contributed by atoms with Gasteiger partial charge in [-0.3, -0.25) is 14.8 Å². The number of nitro groups is 1. The maximum atomic E-state index is 12.2. The average molecular weight is 315 g/mol. The van der Waals surface area contributed by atoms with E-state index in [1.807, 2.05) is 0 Å². The summed E-state index contributed by atoms with van der Waals surface area (Å²) in [6.07, 6.45) is 1.57. The molecule has 116 valence electrons. The Hall–Kier alpha value is -1.87. The molecule has 0 atom stereocenters. The Morgan fingerprint density at radius 3 is 2.52 bits per heavy atom. The third-order valence-electron chi connectivity index (χ3n) is 3.51. The summed E-state index contributed by atoms with van der Waals surface area (Å²) in [5.41, 5.74) is -0.374. The fourth-order valence-corrected chi connectivity index (χ4v) is 3.42. The fourth-order valence-electron chi connectivity index (χ4n) is 2.15. The van der Waals surface area contributed by atoms with Gasteiger partial charge in [0.15, 0.2) is 0 Å². The van der Waals surface area contributed by atoms with Gasteiger partial charge in [0.2, 0.25) is 0 Å². The number of benzene rings is 1. The Morgan fingerprint density at radius 1 is 1.38 bits per heavy atom. The minimum absolute atomic E-state index is 0.0702. The quantitative estimate of drug-likeness (QED) is 0.498. The van der Waals surface area contributed by atoms with E-state index in [0.717, 1.165) is 25.0 Å². The highest BCUT2D eigenvalue weighted by Crippen LogP contribution is 2.29. The molecule has 0 spiro atoms. The number of piperidine rings is 1. The fraction of sp³-hybridized carbons (Fsp3) is 0.500. The van der Waals surface area contributed by atoms with E-state index in [-0.39, 0.29) is 11.4 Å². The lowest BCUT2D eigenvalue weighted by molar-refractivity contribution is -0.384. The number of nitro benzene ring substituents is 1. The van der Waals surface area contributed by atoms with E-state index in [0.29, 0.717) is 19.0 Å². The van der Waals surface area contributed by atoms with E-state index in [1.165, 1.54) is 10.4 Å². The van der Waals surface area contributed by atoms with Crippen LogP contribution < -0.4 is 4.72 Å². The van der Waals surface area contributed by atoms with Crippen LogP contribution in [0.2, 0.25) is 0 Å². The van der Waals surface area contributed by atoms with Gasteiger partial charge < -0.3 is 5.11 Å². The molecule has 1 aliphatic heterocycles. The maximum Gasteiger partial charge on any atom is 0.301 e. The molecule has 9 heteroatoms. The maximum absolute atomic E-state index is 12.2. The summed E-state index contributed by atoms with van der Waals surface area (Å²) in [6, 6.07) is 3.23. The van der Waals surface area contributed by atoms with Crippen LogP contribution in [0.5, 0.6) is 5.75 Å². The smallest absolute Gasteiger partial charge is 0.301 e. The number of nitrogens with one attached hydrogen (secondary N) is 1. The second-order valence-corrected chi connectivity index (χ2v) is 6.82. The highest BCUT2D eigenvalue weighted by Gasteiger charge is 2.27. The van der Waals surface area contributed by atoms with Gasteiger partial charge in [-0.2, -0.15) is 12.7 Å². The number of anilines is 1. The molecule has 0 aromatic heterocycles. The number of nitrogens with zero attached hydrogens (tertiary/aromatic N) is 2. The molecule has 2 rings (SSSR count). The summed E-state index contributed by atoms with van der Waals surface area (Å²) in [5.74, 6) is 0.0161. The predicted molar refractivity (Wildman–Crippen MR) is 77.3 cm³/mol. The SMILES string of the molecule is CC1CCN(S(=O)(=O)Nc2ccc([N+](=O)[O-])cc2O)CC1. The van der Waals surface area contributed by atoms with Crippen molar-refractivity contribution in [1.82, 2.24) is 4.31 Å². The molecule has 21 heavy (non-hydrogen) atoms. The summed E-state index contributed by atoms with van der Waals surface area (Å²) >= 11 is 0. The number of hydrogen-bond acceptors (Lipinski definition) is 5. The lowest BCUT2D eigenvalue weighted by Crippen LogP contribution is -2.41. The number of phenolic OH excluding ortho intramolecular Hbond substituents is 1. The number of hydrogen-bond donors (Lipinski definition) is 2. The van der Waals surface area contributed by atoms with Gasteiger partial charge in [-0.1, -0.05) is 6.92 Å². The molecule has 0 radical (unpaired) electrons. The summed E-state index contributed by atoms with van der Waals surface area (Å²) in [5, 5.41) is 20.3. The molecule has 1 aliphatic rings. The molecule has 8 nitrogen and oxygen atoms in total. The standard InChI is InChI=1S/C12H17N3O5S/c1-9-4-6-14(7-5-9)21(19,20)13-11-3-2-10(15(17)18)8-12(11)16/h2-3,8-9,13,16H,4-7H2,1H3. The van der Waals surface area contributed by atoms with Crippen molar-refractivity contribution >= 4 is 21.6 Å². The van der Waals surface area contributed by atoms with Gasteiger partial charge in [-0.15, -0.1) is 0 Å². The molecule has 1 saturated heterocycles. The van der Waals surface area contributed by atoms with Crippen molar-refractivity contribution in [3.8, 4) is 5.75 Å². The first-order valence-electron chi connectivity index (χ1n) is 6.55. The number of non-ortho nitro benzene ring substituents is 1. The molecule has 1 aromatic rings. The van der Waals surface area contributed by atoms with Crippen molar-refractivity contribution in [3.63, 3.8) is 0 Å². The van der Waals surface area contributed by atoms with E-state index < -0.39 is 20.9 Å². The first-order valence-corrected chi connectivity index (χ1v) is 7.99. The third-order valence-corrected chi connectivity index (χ3v) is 5.04. The minimum Gasteiger partial charge on any atom is -0.505 e. The molecule has 2 N–H and O–H groups in total. The monoisotopic (exact) mass is 315 g/mol. The summed E-state index contributed by atoms with van der Waals surface area (Å²) in [6.45, 7) is 2.91. The molecule has 0 saturated carbocycles. The van der Waals surface area contributed by atoms with Crippen molar-refractivity contribution in [1.29, 1.82) is 0 Å². The van der Waals surface area contributed by atoms with Crippen LogP contribution in [0, 0.1) is 16.0 Å². The van der Waals surface area contributed by atoms with E-state index in [2.05, 4.69) is 11.6 Å². The number of rotatable bonds is 4. The second kappa shape index (κ2) is 5.86. The third kappa shape index (κ3) is 3.61. The molecular weight excluding hydrogens is 298 g/mol.